The summed E-state index contributed by atoms with van der Waals surface area (Å²) in [6.45, 7) is 7.69. The van der Waals surface area contributed by atoms with Crippen LogP contribution in [0.1, 0.15) is 50.8 Å². The van der Waals surface area contributed by atoms with Gasteiger partial charge >= 0.3 is 12.2 Å². The van der Waals surface area contributed by atoms with E-state index in [2.05, 4.69) is 10.6 Å². The molecule has 0 radical (unpaired) electrons. The molecule has 0 fully saturated rings. The van der Waals surface area contributed by atoms with Crippen molar-refractivity contribution in [2.45, 2.75) is 65.3 Å². The molecule has 0 spiro atoms. The van der Waals surface area contributed by atoms with E-state index in [-0.39, 0.29) is 37.0 Å². The second-order valence-electron chi connectivity index (χ2n) is 8.11. The molecule has 3 amide bonds. The highest BCUT2D eigenvalue weighted by molar-refractivity contribution is 5.92. The Kier molecular flexibility index (Phi) is 8.69. The predicted molar refractivity (Wildman–Crippen MR) is 119 cm³/mol. The van der Waals surface area contributed by atoms with Gasteiger partial charge in [-0.2, -0.15) is 13.2 Å². The van der Waals surface area contributed by atoms with Gasteiger partial charge in [0, 0.05) is 17.8 Å². The summed E-state index contributed by atoms with van der Waals surface area (Å²) in [4.78, 5) is 26.3. The molecule has 2 aromatic carbocycles. The first-order valence-electron chi connectivity index (χ1n) is 10.6. The molecule has 0 saturated carbocycles. The maximum atomic E-state index is 12.8. The van der Waals surface area contributed by atoms with Gasteiger partial charge in [0.2, 0.25) is 5.91 Å². The molecule has 174 valence electrons. The van der Waals surface area contributed by atoms with Crippen LogP contribution in [0.25, 0.3) is 0 Å². The molecule has 2 rings (SSSR count). The lowest BCUT2D eigenvalue weighted by Crippen LogP contribution is -2.42. The summed E-state index contributed by atoms with van der Waals surface area (Å²) in [6, 6.07) is 11.4. The number of anilines is 1. The minimum absolute atomic E-state index is 0.0775. The Labute approximate surface area is 187 Å². The summed E-state index contributed by atoms with van der Waals surface area (Å²) in [5.74, 6) is -0.0775. The van der Waals surface area contributed by atoms with E-state index in [1.165, 1.54) is 17.0 Å². The zero-order chi connectivity index (χ0) is 23.9. The van der Waals surface area contributed by atoms with E-state index in [0.717, 1.165) is 24.1 Å². The van der Waals surface area contributed by atoms with Gasteiger partial charge in [-0.1, -0.05) is 31.2 Å². The lowest BCUT2D eigenvalue weighted by atomic mass is 10.1. The highest BCUT2D eigenvalue weighted by Gasteiger charge is 2.30. The van der Waals surface area contributed by atoms with Gasteiger partial charge in [-0.15, -0.1) is 0 Å². The zero-order valence-electron chi connectivity index (χ0n) is 18.8. The topological polar surface area (TPSA) is 61.4 Å². The smallest absolute Gasteiger partial charge is 0.353 e. The molecular formula is C24H30F3N3O2. The van der Waals surface area contributed by atoms with E-state index < -0.39 is 11.7 Å². The molecule has 5 nitrogen and oxygen atoms in total. The van der Waals surface area contributed by atoms with Crippen molar-refractivity contribution >= 4 is 17.6 Å². The Morgan fingerprint density at radius 3 is 1.97 bits per heavy atom. The van der Waals surface area contributed by atoms with Crippen LogP contribution in [0.2, 0.25) is 0 Å². The third kappa shape index (κ3) is 7.59. The maximum Gasteiger partial charge on any atom is 0.416 e. The van der Waals surface area contributed by atoms with E-state index >= 15 is 0 Å². The third-order valence-electron chi connectivity index (χ3n) is 4.91. The van der Waals surface area contributed by atoms with E-state index in [0.29, 0.717) is 11.3 Å². The Hall–Kier alpha value is -3.03. The van der Waals surface area contributed by atoms with Gasteiger partial charge in [0.1, 0.15) is 0 Å². The standard InChI is InChI=1S/C24H30F3N3O2/c1-5-17(4)29-22(31)14-18-8-12-21(13-9-18)30(23(32)28-16(2)3)15-19-6-10-20(11-7-19)24(25,26)27/h6-13,16-17H,5,14-15H2,1-4H3,(H,28,32)(H,29,31)/t17-/m0/s1. The van der Waals surface area contributed by atoms with E-state index in [9.17, 15) is 22.8 Å². The summed E-state index contributed by atoms with van der Waals surface area (Å²) in [5, 5.41) is 5.72. The molecule has 2 aromatic rings. The van der Waals surface area contributed by atoms with Gasteiger partial charge in [-0.25, -0.2) is 4.79 Å². The van der Waals surface area contributed by atoms with Gasteiger partial charge in [0.25, 0.3) is 0 Å². The van der Waals surface area contributed by atoms with Crippen molar-refractivity contribution in [3.63, 3.8) is 0 Å². The van der Waals surface area contributed by atoms with Crippen LogP contribution in [0.4, 0.5) is 23.7 Å². The van der Waals surface area contributed by atoms with E-state index in [1.807, 2.05) is 27.7 Å². The monoisotopic (exact) mass is 449 g/mol. The summed E-state index contributed by atoms with van der Waals surface area (Å²) in [6.07, 6.45) is -3.35. The molecule has 0 bridgehead atoms. The van der Waals surface area contributed by atoms with Crippen LogP contribution in [-0.4, -0.2) is 24.0 Å². The fraction of sp³-hybridized carbons (Fsp3) is 0.417. The molecule has 0 saturated heterocycles. The second-order valence-corrected chi connectivity index (χ2v) is 8.11. The Morgan fingerprint density at radius 2 is 1.47 bits per heavy atom. The average Bonchev–Trinajstić information content (AvgIpc) is 2.71. The molecule has 8 heteroatoms. The summed E-state index contributed by atoms with van der Waals surface area (Å²) in [5.41, 5.74) is 1.20. The van der Waals surface area contributed by atoms with Crippen LogP contribution < -0.4 is 15.5 Å². The number of halogens is 3. The van der Waals surface area contributed by atoms with Crippen molar-refractivity contribution < 1.29 is 22.8 Å². The van der Waals surface area contributed by atoms with Crippen molar-refractivity contribution in [2.24, 2.45) is 0 Å². The SMILES string of the molecule is CC[C@H](C)NC(=O)Cc1ccc(N(Cc2ccc(C(F)(F)F)cc2)C(=O)NC(C)C)cc1. The Morgan fingerprint density at radius 1 is 0.906 bits per heavy atom. The van der Waals surface area contributed by atoms with Crippen LogP contribution in [0.3, 0.4) is 0 Å². The largest absolute Gasteiger partial charge is 0.416 e. The molecule has 0 aliphatic carbocycles. The van der Waals surface area contributed by atoms with Gasteiger partial charge in [0.15, 0.2) is 0 Å². The fourth-order valence-electron chi connectivity index (χ4n) is 2.99. The number of alkyl halides is 3. The molecule has 32 heavy (non-hydrogen) atoms. The Bertz CT molecular complexity index is 894. The van der Waals surface area contributed by atoms with Crippen molar-refractivity contribution in [3.05, 3.63) is 65.2 Å². The number of carbonyl (C=O) groups is 2. The number of rotatable bonds is 8. The number of nitrogens with one attached hydrogen (secondary N) is 2. The van der Waals surface area contributed by atoms with Crippen LogP contribution >= 0.6 is 0 Å². The molecule has 0 aromatic heterocycles. The number of nitrogens with zero attached hydrogens (tertiary/aromatic N) is 1. The van der Waals surface area contributed by atoms with Crippen LogP contribution in [0, 0.1) is 0 Å². The van der Waals surface area contributed by atoms with E-state index in [1.54, 1.807) is 24.3 Å². The van der Waals surface area contributed by atoms with E-state index in [4.69, 9.17) is 0 Å². The molecule has 0 aliphatic rings. The zero-order valence-corrected chi connectivity index (χ0v) is 18.8. The van der Waals surface area contributed by atoms with Crippen LogP contribution in [0.15, 0.2) is 48.5 Å². The first kappa shape index (κ1) is 25.2. The molecule has 1 atom stereocenters. The minimum Gasteiger partial charge on any atom is -0.353 e. The number of hydrogen-bond donors (Lipinski definition) is 2. The van der Waals surface area contributed by atoms with Crippen molar-refractivity contribution in [1.29, 1.82) is 0 Å². The molecular weight excluding hydrogens is 419 g/mol. The normalized spacial score (nSPS) is 12.4. The molecule has 0 unspecified atom stereocenters. The highest BCUT2D eigenvalue weighted by Crippen LogP contribution is 2.29. The minimum atomic E-state index is -4.41. The maximum absolute atomic E-state index is 12.8. The highest BCUT2D eigenvalue weighted by atomic mass is 19.4. The summed E-state index contributed by atoms with van der Waals surface area (Å²) in [7, 11) is 0. The van der Waals surface area contributed by atoms with Crippen molar-refractivity contribution in [3.8, 4) is 0 Å². The van der Waals surface area contributed by atoms with Gasteiger partial charge in [-0.05, 0) is 62.6 Å². The van der Waals surface area contributed by atoms with Crippen molar-refractivity contribution in [1.82, 2.24) is 10.6 Å². The third-order valence-corrected chi connectivity index (χ3v) is 4.91. The van der Waals surface area contributed by atoms with Crippen LogP contribution in [0.5, 0.6) is 0 Å². The lowest BCUT2D eigenvalue weighted by Gasteiger charge is -2.25. The van der Waals surface area contributed by atoms with Crippen LogP contribution in [-0.2, 0) is 23.9 Å². The fourth-order valence-corrected chi connectivity index (χ4v) is 2.99. The number of urea groups is 1. The number of hydrogen-bond acceptors (Lipinski definition) is 2. The van der Waals surface area contributed by atoms with Gasteiger partial charge < -0.3 is 10.6 Å². The average molecular weight is 450 g/mol. The number of amides is 3. The predicted octanol–water partition coefficient (Wildman–Crippen LogP) is 5.29. The Balaban J connectivity index is 2.19. The first-order valence-corrected chi connectivity index (χ1v) is 10.6. The summed E-state index contributed by atoms with van der Waals surface area (Å²) < 4.78 is 38.5. The van der Waals surface area contributed by atoms with Crippen molar-refractivity contribution in [2.75, 3.05) is 4.90 Å². The second kappa shape index (κ2) is 11.0. The first-order chi connectivity index (χ1) is 15.0. The van der Waals surface area contributed by atoms with Gasteiger partial charge in [-0.3, -0.25) is 9.69 Å². The molecule has 2 N–H and O–H groups in total. The van der Waals surface area contributed by atoms with Gasteiger partial charge in [0.05, 0.1) is 18.5 Å². The number of benzene rings is 2. The molecule has 0 heterocycles. The molecule has 0 aliphatic heterocycles. The lowest BCUT2D eigenvalue weighted by molar-refractivity contribution is -0.137. The summed E-state index contributed by atoms with van der Waals surface area (Å²) >= 11 is 0. The quantitative estimate of drug-likeness (QED) is 0.576. The number of carbonyl (C=O) groups excluding carboxylic acids is 2.